The Labute approximate surface area is 144 Å². The van der Waals surface area contributed by atoms with Crippen molar-refractivity contribution in [1.29, 1.82) is 0 Å². The van der Waals surface area contributed by atoms with Crippen molar-refractivity contribution < 1.29 is 35.5 Å². The van der Waals surface area contributed by atoms with Crippen molar-refractivity contribution in [3.63, 3.8) is 0 Å². The van der Waals surface area contributed by atoms with Crippen LogP contribution in [-0.4, -0.2) is 21.5 Å². The number of carbonyl (C=O) groups excluding carboxylic acids is 1. The lowest BCUT2D eigenvalue weighted by Crippen LogP contribution is -2.25. The molecule has 11 heteroatoms. The Morgan fingerprint density at radius 3 is 2.52 bits per heavy atom. The molecule has 0 radical (unpaired) electrons. The second-order valence-corrected chi connectivity index (χ2v) is 7.39. The highest BCUT2D eigenvalue weighted by atomic mass is 32.2. The predicted molar refractivity (Wildman–Crippen MR) is 81.1 cm³/mol. The number of nitrogens with one attached hydrogen (secondary N) is 1. The maximum Gasteiger partial charge on any atom is 0.416 e. The summed E-state index contributed by atoms with van der Waals surface area (Å²) >= 11 is 0.846. The lowest BCUT2D eigenvalue weighted by molar-refractivity contribution is -0.137. The Morgan fingerprint density at radius 1 is 1.28 bits per heavy atom. The molecule has 5 nitrogen and oxygen atoms in total. The van der Waals surface area contributed by atoms with Gasteiger partial charge in [0.2, 0.25) is 10.0 Å². The largest absolute Gasteiger partial charge is 0.465 e. The van der Waals surface area contributed by atoms with E-state index in [4.69, 9.17) is 0 Å². The summed E-state index contributed by atoms with van der Waals surface area (Å²) in [4.78, 5) is 11.0. The van der Waals surface area contributed by atoms with Gasteiger partial charge in [0.25, 0.3) is 0 Å². The van der Waals surface area contributed by atoms with Crippen LogP contribution < -0.4 is 4.72 Å². The van der Waals surface area contributed by atoms with Crippen LogP contribution in [0.15, 0.2) is 34.5 Å². The van der Waals surface area contributed by atoms with Crippen LogP contribution in [-0.2, 0) is 27.5 Å². The van der Waals surface area contributed by atoms with Crippen LogP contribution in [0.2, 0.25) is 0 Å². The summed E-state index contributed by atoms with van der Waals surface area (Å²) in [5.41, 5.74) is -1.45. The number of carbonyl (C=O) groups is 1. The first kappa shape index (κ1) is 19.3. The van der Waals surface area contributed by atoms with E-state index < -0.39 is 40.1 Å². The van der Waals surface area contributed by atoms with E-state index in [1.54, 1.807) is 0 Å². The molecular formula is C14H11F4NO4S2. The molecule has 0 bridgehead atoms. The van der Waals surface area contributed by atoms with E-state index in [0.29, 0.717) is 6.07 Å². The van der Waals surface area contributed by atoms with Gasteiger partial charge in [0.1, 0.15) is 15.6 Å². The number of hydrogen-bond donors (Lipinski definition) is 1. The monoisotopic (exact) mass is 397 g/mol. The Balaban J connectivity index is 2.21. The van der Waals surface area contributed by atoms with Gasteiger partial charge in [-0.3, -0.25) is 0 Å². The zero-order valence-corrected chi connectivity index (χ0v) is 14.2. The van der Waals surface area contributed by atoms with Gasteiger partial charge in [-0.25, -0.2) is 22.3 Å². The molecule has 0 amide bonds. The molecule has 2 rings (SSSR count). The number of hydrogen-bond acceptors (Lipinski definition) is 5. The van der Waals surface area contributed by atoms with Gasteiger partial charge in [-0.2, -0.15) is 13.2 Å². The molecule has 0 atom stereocenters. The topological polar surface area (TPSA) is 72.5 Å². The molecule has 1 aromatic carbocycles. The third kappa shape index (κ3) is 4.35. The summed E-state index contributed by atoms with van der Waals surface area (Å²) in [5, 5.41) is 1.36. The van der Waals surface area contributed by atoms with Gasteiger partial charge in [0.15, 0.2) is 0 Å². The summed E-state index contributed by atoms with van der Waals surface area (Å²) in [5.74, 6) is -2.05. The smallest absolute Gasteiger partial charge is 0.416 e. The number of methoxy groups -OCH3 is 1. The van der Waals surface area contributed by atoms with Crippen LogP contribution in [0, 0.1) is 5.82 Å². The van der Waals surface area contributed by atoms with Crippen molar-refractivity contribution in [1.82, 2.24) is 4.72 Å². The van der Waals surface area contributed by atoms with Gasteiger partial charge in [0, 0.05) is 12.1 Å². The highest BCUT2D eigenvalue weighted by molar-refractivity contribution is 7.89. The van der Waals surface area contributed by atoms with Gasteiger partial charge in [-0.15, -0.1) is 11.3 Å². The van der Waals surface area contributed by atoms with Crippen LogP contribution in [0.3, 0.4) is 0 Å². The van der Waals surface area contributed by atoms with Gasteiger partial charge in [0.05, 0.1) is 12.7 Å². The molecule has 0 spiro atoms. The predicted octanol–water partition coefficient (Wildman–Crippen LogP) is 3.17. The Kier molecular flexibility index (Phi) is 5.49. The van der Waals surface area contributed by atoms with Crippen molar-refractivity contribution in [2.45, 2.75) is 17.6 Å². The first-order chi connectivity index (χ1) is 11.6. The molecule has 1 N–H and O–H groups in total. The molecule has 25 heavy (non-hydrogen) atoms. The second-order valence-electron chi connectivity index (χ2n) is 4.73. The van der Waals surface area contributed by atoms with Crippen LogP contribution in [0.4, 0.5) is 17.6 Å². The lowest BCUT2D eigenvalue weighted by atomic mass is 10.1. The number of benzene rings is 1. The van der Waals surface area contributed by atoms with Gasteiger partial charge < -0.3 is 4.74 Å². The highest BCUT2D eigenvalue weighted by Crippen LogP contribution is 2.30. The number of halogens is 4. The Bertz CT molecular complexity index is 890. The maximum absolute atomic E-state index is 13.8. The molecule has 1 heterocycles. The van der Waals surface area contributed by atoms with E-state index in [-0.39, 0.29) is 21.4 Å². The second kappa shape index (κ2) is 7.10. The Morgan fingerprint density at radius 2 is 1.96 bits per heavy atom. The molecular weight excluding hydrogens is 386 g/mol. The third-order valence-corrected chi connectivity index (χ3v) is 5.59. The van der Waals surface area contributed by atoms with Gasteiger partial charge in [-0.05, 0) is 23.6 Å². The van der Waals surface area contributed by atoms with Crippen molar-refractivity contribution in [2.24, 2.45) is 0 Å². The van der Waals surface area contributed by atoms with E-state index in [1.165, 1.54) is 11.4 Å². The summed E-state index contributed by atoms with van der Waals surface area (Å²) in [6.07, 6.45) is -4.70. The number of esters is 1. The molecule has 0 aliphatic rings. The average Bonchev–Trinajstić information content (AvgIpc) is 3.02. The molecule has 0 aliphatic heterocycles. The van der Waals surface area contributed by atoms with Crippen molar-refractivity contribution in [2.75, 3.05) is 7.11 Å². The number of ether oxygens (including phenoxy) is 1. The molecule has 0 saturated heterocycles. The number of rotatable bonds is 5. The first-order valence-electron chi connectivity index (χ1n) is 6.57. The molecule has 0 fully saturated rings. The molecule has 1 aromatic heterocycles. The fourth-order valence-corrected chi connectivity index (χ4v) is 4.21. The van der Waals surface area contributed by atoms with E-state index in [1.807, 2.05) is 4.72 Å². The van der Waals surface area contributed by atoms with Crippen LogP contribution >= 0.6 is 11.3 Å². The average molecular weight is 397 g/mol. The molecule has 0 unspecified atom stereocenters. The van der Waals surface area contributed by atoms with Gasteiger partial charge in [-0.1, -0.05) is 6.07 Å². The number of alkyl halides is 3. The summed E-state index contributed by atoms with van der Waals surface area (Å²) in [7, 11) is -3.10. The van der Waals surface area contributed by atoms with Crippen molar-refractivity contribution in [3.8, 4) is 0 Å². The third-order valence-electron chi connectivity index (χ3n) is 3.12. The lowest BCUT2D eigenvalue weighted by Gasteiger charge is -2.10. The highest BCUT2D eigenvalue weighted by Gasteiger charge is 2.31. The molecule has 0 aliphatic carbocycles. The zero-order chi connectivity index (χ0) is 18.8. The molecule has 136 valence electrons. The van der Waals surface area contributed by atoms with E-state index in [2.05, 4.69) is 4.74 Å². The summed E-state index contributed by atoms with van der Waals surface area (Å²) in [6, 6.07) is 2.95. The normalized spacial score (nSPS) is 12.2. The maximum atomic E-state index is 13.8. The van der Waals surface area contributed by atoms with Crippen LogP contribution in [0.25, 0.3) is 0 Å². The minimum atomic E-state index is -4.70. The van der Waals surface area contributed by atoms with Gasteiger partial charge >= 0.3 is 12.1 Å². The minimum Gasteiger partial charge on any atom is -0.465 e. The first-order valence-corrected chi connectivity index (χ1v) is 8.93. The standard InChI is InChI=1S/C14H11F4NO4S2/c1-23-13(20)12-11(4-5-24-12)25(21,22)19-7-8-2-3-9(6-10(8)15)14(16,17)18/h2-6,19H,7H2,1H3. The molecule has 0 saturated carbocycles. The van der Waals surface area contributed by atoms with Crippen LogP contribution in [0.1, 0.15) is 20.8 Å². The van der Waals surface area contributed by atoms with Crippen LogP contribution in [0.5, 0.6) is 0 Å². The molecule has 2 aromatic rings. The number of sulfonamides is 1. The minimum absolute atomic E-state index is 0.164. The van der Waals surface area contributed by atoms with E-state index >= 15 is 0 Å². The number of thiophene rings is 1. The van der Waals surface area contributed by atoms with E-state index in [9.17, 15) is 30.8 Å². The van der Waals surface area contributed by atoms with Crippen molar-refractivity contribution >= 4 is 27.3 Å². The quantitative estimate of drug-likeness (QED) is 0.621. The summed E-state index contributed by atoms with van der Waals surface area (Å²) in [6.45, 7) is -0.581. The fraction of sp³-hybridized carbons (Fsp3) is 0.214. The SMILES string of the molecule is COC(=O)c1sccc1S(=O)(=O)NCc1ccc(C(F)(F)F)cc1F. The van der Waals surface area contributed by atoms with Crippen molar-refractivity contribution in [3.05, 3.63) is 51.5 Å². The van der Waals surface area contributed by atoms with E-state index in [0.717, 1.165) is 24.5 Å². The zero-order valence-electron chi connectivity index (χ0n) is 12.6. The Hall–Kier alpha value is -1.98. The summed E-state index contributed by atoms with van der Waals surface area (Å²) < 4.78 is 82.2. The fourth-order valence-electron chi connectivity index (χ4n) is 1.87.